The van der Waals surface area contributed by atoms with Gasteiger partial charge in [-0.2, -0.15) is 0 Å². The summed E-state index contributed by atoms with van der Waals surface area (Å²) in [5.41, 5.74) is 5.26. The summed E-state index contributed by atoms with van der Waals surface area (Å²) in [5, 5.41) is 0.759. The monoisotopic (exact) mass is 400 g/mol. The summed E-state index contributed by atoms with van der Waals surface area (Å²) in [6.45, 7) is 4.34. The number of aromatic nitrogens is 2. The third-order valence-electron chi connectivity index (χ3n) is 4.43. The molecule has 3 rings (SSSR count). The lowest BCUT2D eigenvalue weighted by molar-refractivity contribution is 0.0951. The molecule has 0 saturated heterocycles. The van der Waals surface area contributed by atoms with E-state index in [0.29, 0.717) is 12.1 Å². The van der Waals surface area contributed by atoms with E-state index in [0.717, 1.165) is 5.39 Å². The van der Waals surface area contributed by atoms with Gasteiger partial charge in [0, 0.05) is 19.0 Å². The second kappa shape index (κ2) is 8.36. The van der Waals surface area contributed by atoms with Crippen molar-refractivity contribution >= 4 is 28.4 Å². The first kappa shape index (κ1) is 20.4. The number of anilines is 2. The van der Waals surface area contributed by atoms with E-state index in [2.05, 4.69) is 4.98 Å². The molecule has 29 heavy (non-hydrogen) atoms. The van der Waals surface area contributed by atoms with Crippen LogP contribution in [0.4, 0.5) is 11.5 Å². The highest BCUT2D eigenvalue weighted by molar-refractivity contribution is 6.07. The number of rotatable bonds is 7. The Morgan fingerprint density at radius 2 is 2.03 bits per heavy atom. The van der Waals surface area contributed by atoms with Crippen LogP contribution in [-0.2, 0) is 11.3 Å². The molecule has 0 spiro atoms. The van der Waals surface area contributed by atoms with E-state index in [-0.39, 0.29) is 36.3 Å². The van der Waals surface area contributed by atoms with Crippen molar-refractivity contribution in [1.82, 2.24) is 9.55 Å². The molecule has 0 aliphatic heterocycles. The maximum absolute atomic E-state index is 13.2. The highest BCUT2D eigenvalue weighted by Gasteiger charge is 2.27. The van der Waals surface area contributed by atoms with Crippen LogP contribution in [0.1, 0.15) is 24.4 Å². The highest BCUT2D eigenvalue weighted by atomic mass is 16.5. The number of benzene rings is 1. The van der Waals surface area contributed by atoms with E-state index < -0.39 is 17.2 Å². The molecular formula is C20H24N4O5. The summed E-state index contributed by atoms with van der Waals surface area (Å²) in [6.07, 6.45) is 0. The third-order valence-corrected chi connectivity index (χ3v) is 4.43. The number of amides is 1. The molecule has 9 heteroatoms. The Morgan fingerprint density at radius 1 is 1.31 bits per heavy atom. The van der Waals surface area contributed by atoms with E-state index in [1.54, 1.807) is 18.2 Å². The molecule has 1 amide bonds. The first-order valence-corrected chi connectivity index (χ1v) is 9.25. The maximum atomic E-state index is 13.2. The molecule has 154 valence electrons. The molecule has 2 aromatic heterocycles. The zero-order valence-corrected chi connectivity index (χ0v) is 16.6. The zero-order valence-electron chi connectivity index (χ0n) is 16.6. The van der Waals surface area contributed by atoms with Gasteiger partial charge in [0.25, 0.3) is 11.5 Å². The molecule has 0 aliphatic rings. The quantitative estimate of drug-likeness (QED) is 0.623. The van der Waals surface area contributed by atoms with Crippen molar-refractivity contribution in [3.8, 4) is 0 Å². The van der Waals surface area contributed by atoms with Crippen LogP contribution in [0, 0.1) is 5.92 Å². The van der Waals surface area contributed by atoms with Gasteiger partial charge in [-0.15, -0.1) is 0 Å². The van der Waals surface area contributed by atoms with Crippen LogP contribution in [0.15, 0.2) is 44.3 Å². The van der Waals surface area contributed by atoms with Crippen molar-refractivity contribution < 1.29 is 13.9 Å². The first-order chi connectivity index (χ1) is 13.8. The fraction of sp³-hybridized carbons (Fsp3) is 0.350. The largest absolute Gasteiger partial charge is 0.451 e. The van der Waals surface area contributed by atoms with Gasteiger partial charge in [0.05, 0.1) is 13.2 Å². The minimum atomic E-state index is -0.743. The number of nitrogens with zero attached hydrogens (tertiary/aromatic N) is 2. The number of nitrogen functional groups attached to an aromatic ring is 1. The van der Waals surface area contributed by atoms with Crippen LogP contribution < -0.4 is 21.9 Å². The zero-order chi connectivity index (χ0) is 21.1. The van der Waals surface area contributed by atoms with E-state index in [9.17, 15) is 14.4 Å². The number of carbonyl (C=O) groups is 1. The minimum Gasteiger partial charge on any atom is -0.451 e. The van der Waals surface area contributed by atoms with Crippen LogP contribution in [-0.4, -0.2) is 35.7 Å². The molecule has 0 unspecified atom stereocenters. The SMILES string of the molecule is COCCN(C(=O)c1cc2ccccc2o1)c1c(N)n(CC(C)C)c(=O)[nH]c1=O. The highest BCUT2D eigenvalue weighted by Crippen LogP contribution is 2.24. The topological polar surface area (TPSA) is 124 Å². The Kier molecular flexibility index (Phi) is 5.88. The van der Waals surface area contributed by atoms with Gasteiger partial charge in [-0.05, 0) is 18.1 Å². The molecule has 1 aromatic carbocycles. The van der Waals surface area contributed by atoms with Crippen LogP contribution in [0.5, 0.6) is 0 Å². The average Bonchev–Trinajstić information content (AvgIpc) is 3.11. The Balaban J connectivity index is 2.12. The average molecular weight is 400 g/mol. The molecule has 3 aromatic rings. The Hall–Kier alpha value is -3.33. The lowest BCUT2D eigenvalue weighted by Gasteiger charge is -2.23. The molecule has 3 N–H and O–H groups in total. The molecule has 0 aliphatic carbocycles. The van der Waals surface area contributed by atoms with Crippen molar-refractivity contribution in [2.24, 2.45) is 5.92 Å². The van der Waals surface area contributed by atoms with Crippen molar-refractivity contribution in [2.45, 2.75) is 20.4 Å². The first-order valence-electron chi connectivity index (χ1n) is 9.25. The fourth-order valence-electron chi connectivity index (χ4n) is 3.10. The molecule has 0 fully saturated rings. The molecule has 2 heterocycles. The smallest absolute Gasteiger partial charge is 0.330 e. The fourth-order valence-corrected chi connectivity index (χ4v) is 3.10. The number of hydrogen-bond donors (Lipinski definition) is 2. The Bertz CT molecular complexity index is 1110. The number of hydrogen-bond acceptors (Lipinski definition) is 6. The molecular weight excluding hydrogens is 376 g/mol. The molecule has 0 saturated carbocycles. The van der Waals surface area contributed by atoms with Crippen LogP contribution in [0.3, 0.4) is 0 Å². The number of para-hydroxylation sites is 1. The number of fused-ring (bicyclic) bond motifs is 1. The number of nitrogens with two attached hydrogens (primary N) is 1. The second-order valence-electron chi connectivity index (χ2n) is 7.10. The van der Waals surface area contributed by atoms with Gasteiger partial charge < -0.3 is 14.9 Å². The van der Waals surface area contributed by atoms with Crippen molar-refractivity contribution in [2.75, 3.05) is 30.9 Å². The predicted octanol–water partition coefficient (Wildman–Crippen LogP) is 1.81. The number of ether oxygens (including phenoxy) is 1. The number of aromatic amines is 1. The maximum Gasteiger partial charge on any atom is 0.330 e. The summed E-state index contributed by atoms with van der Waals surface area (Å²) in [5.74, 6) is -0.465. The molecule has 0 radical (unpaired) electrons. The Morgan fingerprint density at radius 3 is 2.69 bits per heavy atom. The number of H-pyrrole nitrogens is 1. The van der Waals surface area contributed by atoms with Crippen molar-refractivity contribution in [1.29, 1.82) is 0 Å². The summed E-state index contributed by atoms with van der Waals surface area (Å²) < 4.78 is 12.0. The van der Waals surface area contributed by atoms with Crippen molar-refractivity contribution in [3.63, 3.8) is 0 Å². The van der Waals surface area contributed by atoms with E-state index in [1.807, 2.05) is 26.0 Å². The minimum absolute atomic E-state index is 0.0551. The summed E-state index contributed by atoms with van der Waals surface area (Å²) in [6, 6.07) is 8.80. The van der Waals surface area contributed by atoms with E-state index in [4.69, 9.17) is 14.9 Å². The number of methoxy groups -OCH3 is 1. The standard InChI is InChI=1S/C20H24N4O5/c1-12(2)11-24-17(21)16(18(25)22-20(24)27)23(8-9-28-3)19(26)15-10-13-6-4-5-7-14(13)29-15/h4-7,10,12H,8-9,11,21H2,1-3H3,(H,22,25,27). The van der Waals surface area contributed by atoms with Crippen LogP contribution >= 0.6 is 0 Å². The molecule has 9 nitrogen and oxygen atoms in total. The van der Waals surface area contributed by atoms with Gasteiger partial charge in [0.2, 0.25) is 0 Å². The number of carbonyl (C=O) groups excluding carboxylic acids is 1. The van der Waals surface area contributed by atoms with Gasteiger partial charge in [-0.3, -0.25) is 24.0 Å². The predicted molar refractivity (Wildman–Crippen MR) is 110 cm³/mol. The lowest BCUT2D eigenvalue weighted by Crippen LogP contribution is -2.42. The molecule has 0 atom stereocenters. The van der Waals surface area contributed by atoms with Crippen LogP contribution in [0.25, 0.3) is 11.0 Å². The van der Waals surface area contributed by atoms with Crippen LogP contribution in [0.2, 0.25) is 0 Å². The number of furan rings is 1. The summed E-state index contributed by atoms with van der Waals surface area (Å²) in [7, 11) is 1.48. The summed E-state index contributed by atoms with van der Waals surface area (Å²) in [4.78, 5) is 41.5. The van der Waals surface area contributed by atoms with E-state index >= 15 is 0 Å². The van der Waals surface area contributed by atoms with Gasteiger partial charge in [0.15, 0.2) is 11.4 Å². The van der Waals surface area contributed by atoms with Crippen molar-refractivity contribution in [3.05, 3.63) is 56.9 Å². The van der Waals surface area contributed by atoms with Gasteiger partial charge in [-0.25, -0.2) is 4.79 Å². The second-order valence-corrected chi connectivity index (χ2v) is 7.10. The Labute approximate surface area is 166 Å². The van der Waals surface area contributed by atoms with E-state index in [1.165, 1.54) is 16.6 Å². The lowest BCUT2D eigenvalue weighted by atomic mass is 10.2. The van der Waals surface area contributed by atoms with Gasteiger partial charge in [0.1, 0.15) is 11.4 Å². The normalized spacial score (nSPS) is 11.3. The third kappa shape index (κ3) is 4.09. The molecule has 0 bridgehead atoms. The van der Waals surface area contributed by atoms with Gasteiger partial charge >= 0.3 is 5.69 Å². The van der Waals surface area contributed by atoms with Gasteiger partial charge in [-0.1, -0.05) is 32.0 Å². The number of nitrogens with one attached hydrogen (secondary N) is 1. The summed E-state index contributed by atoms with van der Waals surface area (Å²) >= 11 is 0.